The van der Waals surface area contributed by atoms with Crippen molar-refractivity contribution in [3.8, 4) is 0 Å². The van der Waals surface area contributed by atoms with E-state index in [1.54, 1.807) is 11.9 Å². The van der Waals surface area contributed by atoms with E-state index >= 15 is 0 Å². The van der Waals surface area contributed by atoms with Crippen molar-refractivity contribution in [2.45, 2.75) is 32.4 Å². The summed E-state index contributed by atoms with van der Waals surface area (Å²) in [7, 11) is 0. The quantitative estimate of drug-likeness (QED) is 0.335. The van der Waals surface area contributed by atoms with E-state index in [1.807, 2.05) is 30.9 Å². The van der Waals surface area contributed by atoms with Crippen molar-refractivity contribution in [3.05, 3.63) is 107 Å². The fourth-order valence-electron chi connectivity index (χ4n) is 4.56. The lowest BCUT2D eigenvalue weighted by Crippen LogP contribution is -2.30. The summed E-state index contributed by atoms with van der Waals surface area (Å²) in [5.41, 5.74) is 8.31. The van der Waals surface area contributed by atoms with Gasteiger partial charge in [0.15, 0.2) is 0 Å². The predicted octanol–water partition coefficient (Wildman–Crippen LogP) is 6.61. The standard InChI is InChI=1S/C30H35N3OS/c1-3-33(4-2)30(34)26-16-14-24(15-17-26)29(25-18-20-31-21-19-25)27-12-8-9-13-28(27)32-35-22-23-10-6-5-7-11-23/h5-17,31-32H,3-4,18-22H2,1-2H3. The predicted molar refractivity (Wildman–Crippen MR) is 150 cm³/mol. The zero-order chi connectivity index (χ0) is 24.5. The van der Waals surface area contributed by atoms with Gasteiger partial charge in [-0.15, -0.1) is 0 Å². The zero-order valence-corrected chi connectivity index (χ0v) is 21.5. The van der Waals surface area contributed by atoms with Gasteiger partial charge < -0.3 is 14.9 Å². The number of carbonyl (C=O) groups excluding carboxylic acids is 1. The molecule has 4 rings (SSSR count). The number of hydrogen-bond acceptors (Lipinski definition) is 4. The van der Waals surface area contributed by atoms with Crippen molar-refractivity contribution in [1.29, 1.82) is 0 Å². The monoisotopic (exact) mass is 485 g/mol. The first-order valence-electron chi connectivity index (χ1n) is 12.5. The van der Waals surface area contributed by atoms with Crippen LogP contribution >= 0.6 is 11.9 Å². The number of piperidine rings is 1. The minimum Gasteiger partial charge on any atom is -0.339 e. The van der Waals surface area contributed by atoms with Crippen LogP contribution in [0.2, 0.25) is 0 Å². The van der Waals surface area contributed by atoms with Crippen LogP contribution in [0.4, 0.5) is 5.69 Å². The Labute approximate surface area is 214 Å². The van der Waals surface area contributed by atoms with Gasteiger partial charge in [-0.3, -0.25) is 4.79 Å². The van der Waals surface area contributed by atoms with Crippen LogP contribution in [0.25, 0.3) is 5.57 Å². The Kier molecular flexibility index (Phi) is 9.04. The molecule has 0 aliphatic carbocycles. The van der Waals surface area contributed by atoms with Crippen LogP contribution in [0.5, 0.6) is 0 Å². The van der Waals surface area contributed by atoms with E-state index in [9.17, 15) is 4.79 Å². The fraction of sp³-hybridized carbons (Fsp3) is 0.300. The average Bonchev–Trinajstić information content (AvgIpc) is 2.92. The summed E-state index contributed by atoms with van der Waals surface area (Å²) in [6.45, 7) is 7.48. The summed E-state index contributed by atoms with van der Waals surface area (Å²) in [6, 6.07) is 27.3. The molecule has 1 heterocycles. The van der Waals surface area contributed by atoms with Crippen LogP contribution in [-0.2, 0) is 5.75 Å². The summed E-state index contributed by atoms with van der Waals surface area (Å²) >= 11 is 1.71. The van der Waals surface area contributed by atoms with Gasteiger partial charge in [-0.1, -0.05) is 66.2 Å². The maximum atomic E-state index is 12.8. The first-order valence-corrected chi connectivity index (χ1v) is 13.5. The Hall–Kier alpha value is -3.02. The average molecular weight is 486 g/mol. The highest BCUT2D eigenvalue weighted by molar-refractivity contribution is 7.99. The molecule has 1 aliphatic heterocycles. The summed E-state index contributed by atoms with van der Waals surface area (Å²) in [5, 5.41) is 3.48. The number of nitrogens with zero attached hydrogens (tertiary/aromatic N) is 1. The number of anilines is 1. The van der Waals surface area contributed by atoms with Gasteiger partial charge in [0.05, 0.1) is 5.69 Å². The fourth-order valence-corrected chi connectivity index (χ4v) is 5.33. The van der Waals surface area contributed by atoms with E-state index in [0.717, 1.165) is 56.0 Å². The van der Waals surface area contributed by atoms with Crippen molar-refractivity contribution in [2.75, 3.05) is 30.9 Å². The molecule has 1 aliphatic rings. The second-order valence-electron chi connectivity index (χ2n) is 8.71. The molecule has 1 fully saturated rings. The van der Waals surface area contributed by atoms with Crippen molar-refractivity contribution < 1.29 is 4.79 Å². The Bertz CT molecular complexity index is 1130. The van der Waals surface area contributed by atoms with Crippen molar-refractivity contribution in [1.82, 2.24) is 10.2 Å². The Morgan fingerprint density at radius 3 is 2.17 bits per heavy atom. The summed E-state index contributed by atoms with van der Waals surface area (Å²) in [6.07, 6.45) is 2.06. The third kappa shape index (κ3) is 6.36. The Morgan fingerprint density at radius 1 is 0.857 bits per heavy atom. The first-order chi connectivity index (χ1) is 17.2. The minimum atomic E-state index is 0.0944. The third-order valence-corrected chi connectivity index (χ3v) is 7.33. The minimum absolute atomic E-state index is 0.0944. The molecular formula is C30H35N3OS. The molecule has 0 spiro atoms. The number of amides is 1. The number of nitrogens with one attached hydrogen (secondary N) is 2. The molecule has 0 saturated carbocycles. The van der Waals surface area contributed by atoms with Crippen molar-refractivity contribution in [3.63, 3.8) is 0 Å². The number of benzene rings is 3. The van der Waals surface area contributed by atoms with Gasteiger partial charge in [0.1, 0.15) is 0 Å². The highest BCUT2D eigenvalue weighted by Gasteiger charge is 2.19. The molecular weight excluding hydrogens is 450 g/mol. The maximum Gasteiger partial charge on any atom is 0.253 e. The lowest BCUT2D eigenvalue weighted by Gasteiger charge is -2.23. The summed E-state index contributed by atoms with van der Waals surface area (Å²) in [4.78, 5) is 14.7. The number of rotatable bonds is 9. The molecule has 0 aromatic heterocycles. The van der Waals surface area contributed by atoms with Crippen molar-refractivity contribution in [2.24, 2.45) is 0 Å². The van der Waals surface area contributed by atoms with E-state index < -0.39 is 0 Å². The smallest absolute Gasteiger partial charge is 0.253 e. The lowest BCUT2D eigenvalue weighted by molar-refractivity contribution is 0.0773. The molecule has 5 heteroatoms. The molecule has 1 saturated heterocycles. The van der Waals surface area contributed by atoms with E-state index in [-0.39, 0.29) is 5.91 Å². The summed E-state index contributed by atoms with van der Waals surface area (Å²) in [5.74, 6) is 0.990. The molecule has 2 N–H and O–H groups in total. The van der Waals surface area contributed by atoms with Crippen LogP contribution in [0.3, 0.4) is 0 Å². The molecule has 1 amide bonds. The summed E-state index contributed by atoms with van der Waals surface area (Å²) < 4.78 is 3.62. The van der Waals surface area contributed by atoms with Crippen molar-refractivity contribution >= 4 is 29.1 Å². The van der Waals surface area contributed by atoms with Crippen LogP contribution in [0.15, 0.2) is 84.4 Å². The molecule has 35 heavy (non-hydrogen) atoms. The number of carbonyl (C=O) groups is 1. The molecule has 3 aromatic rings. The van der Waals surface area contributed by atoms with Gasteiger partial charge in [0, 0.05) is 30.0 Å². The van der Waals surface area contributed by atoms with Crippen LogP contribution in [0.1, 0.15) is 53.7 Å². The van der Waals surface area contributed by atoms with Crippen LogP contribution in [-0.4, -0.2) is 37.0 Å². The van der Waals surface area contributed by atoms with Gasteiger partial charge in [-0.05, 0) is 86.6 Å². The second kappa shape index (κ2) is 12.6. The topological polar surface area (TPSA) is 44.4 Å². The largest absolute Gasteiger partial charge is 0.339 e. The molecule has 0 atom stereocenters. The van der Waals surface area contributed by atoms with Gasteiger partial charge in [-0.25, -0.2) is 0 Å². The van der Waals surface area contributed by atoms with E-state index in [4.69, 9.17) is 0 Å². The number of hydrogen-bond donors (Lipinski definition) is 2. The molecule has 0 bridgehead atoms. The highest BCUT2D eigenvalue weighted by atomic mass is 32.2. The highest BCUT2D eigenvalue weighted by Crippen LogP contribution is 2.36. The first kappa shape index (κ1) is 25.1. The van der Waals surface area contributed by atoms with Gasteiger partial charge in [0.25, 0.3) is 5.91 Å². The molecule has 0 radical (unpaired) electrons. The molecule has 0 unspecified atom stereocenters. The lowest BCUT2D eigenvalue weighted by atomic mass is 9.87. The molecule has 4 nitrogen and oxygen atoms in total. The van der Waals surface area contributed by atoms with E-state index in [1.165, 1.54) is 27.8 Å². The van der Waals surface area contributed by atoms with Gasteiger partial charge in [-0.2, -0.15) is 0 Å². The van der Waals surface area contributed by atoms with E-state index in [2.05, 4.69) is 76.8 Å². The van der Waals surface area contributed by atoms with Gasteiger partial charge in [0.2, 0.25) is 0 Å². The Morgan fingerprint density at radius 2 is 1.49 bits per heavy atom. The Balaban J connectivity index is 1.64. The zero-order valence-electron chi connectivity index (χ0n) is 20.7. The van der Waals surface area contributed by atoms with Gasteiger partial charge >= 0.3 is 0 Å². The van der Waals surface area contributed by atoms with E-state index in [0.29, 0.717) is 0 Å². The van der Waals surface area contributed by atoms with Crippen LogP contribution < -0.4 is 10.0 Å². The van der Waals surface area contributed by atoms with Crippen LogP contribution in [0, 0.1) is 0 Å². The maximum absolute atomic E-state index is 12.8. The second-order valence-corrected chi connectivity index (χ2v) is 9.49. The third-order valence-electron chi connectivity index (χ3n) is 6.49. The number of para-hydroxylation sites is 1. The SMILES string of the molecule is CCN(CC)C(=O)c1ccc(C(=C2CCNCC2)c2ccccc2NSCc2ccccc2)cc1. The normalized spacial score (nSPS) is 13.4. The molecule has 182 valence electrons. The molecule has 3 aromatic carbocycles.